The van der Waals surface area contributed by atoms with E-state index in [1.807, 2.05) is 6.92 Å². The van der Waals surface area contributed by atoms with Crippen LogP contribution in [0.5, 0.6) is 0 Å². The summed E-state index contributed by atoms with van der Waals surface area (Å²) in [6.07, 6.45) is 2.55. The van der Waals surface area contributed by atoms with Gasteiger partial charge in [-0.25, -0.2) is 5.84 Å². The highest BCUT2D eigenvalue weighted by atomic mass is 16.2. The summed E-state index contributed by atoms with van der Waals surface area (Å²) in [5.74, 6) is 5.65. The first-order chi connectivity index (χ1) is 9.02. The number of nitrogens with zero attached hydrogens (tertiary/aromatic N) is 1. The lowest BCUT2D eigenvalue weighted by molar-refractivity contribution is -0.127. The number of rotatable bonds is 3. The van der Waals surface area contributed by atoms with Crippen molar-refractivity contribution < 1.29 is 9.59 Å². The first kappa shape index (κ1) is 14.3. The summed E-state index contributed by atoms with van der Waals surface area (Å²) >= 11 is 0. The fourth-order valence-corrected chi connectivity index (χ4v) is 3.17. The highest BCUT2D eigenvalue weighted by Crippen LogP contribution is 2.27. The number of nitrogens with two attached hydrogens (primary N) is 1. The topological polar surface area (TPSA) is 87.5 Å². The van der Waals surface area contributed by atoms with Crippen molar-refractivity contribution in [2.75, 3.05) is 13.1 Å². The molecule has 2 saturated heterocycles. The van der Waals surface area contributed by atoms with Gasteiger partial charge in [0.25, 0.3) is 0 Å². The standard InChI is InChI=1S/C13H24N4O2/c1-8(13(19)16-14)9(2)17-6-5-11-10(7-17)3-4-12(18)15-11/h8-11H,3-7,14H2,1-2H3,(H,15,18)(H,16,19). The SMILES string of the molecule is CC(C(=O)NN)C(C)N1CCC2NC(=O)CCC2C1. The average Bonchev–Trinajstić information content (AvgIpc) is 2.44. The van der Waals surface area contributed by atoms with Gasteiger partial charge in [0.1, 0.15) is 0 Å². The highest BCUT2D eigenvalue weighted by molar-refractivity contribution is 5.78. The minimum atomic E-state index is -0.125. The van der Waals surface area contributed by atoms with Crippen molar-refractivity contribution in [3.05, 3.63) is 0 Å². The number of hydrazine groups is 1. The first-order valence-electron chi connectivity index (χ1n) is 7.06. The third kappa shape index (κ3) is 3.06. The van der Waals surface area contributed by atoms with Crippen LogP contribution in [0.1, 0.15) is 33.1 Å². The third-order valence-electron chi connectivity index (χ3n) is 4.71. The number of piperidine rings is 2. The van der Waals surface area contributed by atoms with Crippen molar-refractivity contribution in [2.45, 2.75) is 45.2 Å². The molecule has 0 aromatic carbocycles. The van der Waals surface area contributed by atoms with E-state index in [1.165, 1.54) is 0 Å². The van der Waals surface area contributed by atoms with Crippen LogP contribution >= 0.6 is 0 Å². The molecule has 0 saturated carbocycles. The van der Waals surface area contributed by atoms with E-state index in [-0.39, 0.29) is 23.8 Å². The molecule has 4 atom stereocenters. The molecule has 0 aromatic rings. The molecule has 4 N–H and O–H groups in total. The van der Waals surface area contributed by atoms with E-state index in [9.17, 15) is 9.59 Å². The van der Waals surface area contributed by atoms with E-state index < -0.39 is 0 Å². The zero-order valence-corrected chi connectivity index (χ0v) is 11.7. The van der Waals surface area contributed by atoms with Crippen molar-refractivity contribution >= 4 is 11.8 Å². The molecule has 6 nitrogen and oxygen atoms in total. The summed E-state index contributed by atoms with van der Waals surface area (Å²) in [6, 6.07) is 0.491. The van der Waals surface area contributed by atoms with Crippen LogP contribution in [-0.2, 0) is 9.59 Å². The van der Waals surface area contributed by atoms with Crippen molar-refractivity contribution in [2.24, 2.45) is 17.7 Å². The number of likely N-dealkylation sites (tertiary alicyclic amines) is 1. The quantitative estimate of drug-likeness (QED) is 0.369. The minimum Gasteiger partial charge on any atom is -0.353 e. The van der Waals surface area contributed by atoms with Gasteiger partial charge in [-0.15, -0.1) is 0 Å². The molecule has 4 unspecified atom stereocenters. The molecule has 2 aliphatic rings. The number of carbonyl (C=O) groups is 2. The number of hydrogen-bond donors (Lipinski definition) is 3. The van der Waals surface area contributed by atoms with E-state index in [0.29, 0.717) is 18.4 Å². The lowest BCUT2D eigenvalue weighted by atomic mass is 9.84. The Hall–Kier alpha value is -1.14. The maximum absolute atomic E-state index is 11.6. The molecule has 0 bridgehead atoms. The van der Waals surface area contributed by atoms with E-state index in [2.05, 4.69) is 22.6 Å². The van der Waals surface area contributed by atoms with Gasteiger partial charge < -0.3 is 5.32 Å². The van der Waals surface area contributed by atoms with Crippen molar-refractivity contribution in [3.63, 3.8) is 0 Å². The van der Waals surface area contributed by atoms with Crippen LogP contribution in [-0.4, -0.2) is 41.9 Å². The molecule has 0 radical (unpaired) electrons. The summed E-state index contributed by atoms with van der Waals surface area (Å²) in [5.41, 5.74) is 2.22. The monoisotopic (exact) mass is 268 g/mol. The predicted octanol–water partition coefficient (Wildman–Crippen LogP) is -0.399. The first-order valence-corrected chi connectivity index (χ1v) is 7.06. The Morgan fingerprint density at radius 1 is 1.47 bits per heavy atom. The molecular formula is C13H24N4O2. The Morgan fingerprint density at radius 2 is 2.21 bits per heavy atom. The molecule has 2 fully saturated rings. The lowest BCUT2D eigenvalue weighted by Crippen LogP contribution is -2.57. The second-order valence-electron chi connectivity index (χ2n) is 5.79. The Bertz CT molecular complexity index is 361. The van der Waals surface area contributed by atoms with Gasteiger partial charge >= 0.3 is 0 Å². The molecule has 0 aliphatic carbocycles. The average molecular weight is 268 g/mol. The summed E-state index contributed by atoms with van der Waals surface area (Å²) in [4.78, 5) is 25.3. The van der Waals surface area contributed by atoms with Gasteiger partial charge in [0.05, 0.1) is 5.92 Å². The van der Waals surface area contributed by atoms with Gasteiger partial charge in [0.2, 0.25) is 11.8 Å². The summed E-state index contributed by atoms with van der Waals surface area (Å²) in [6.45, 7) is 5.85. The smallest absolute Gasteiger partial charge is 0.238 e. The van der Waals surface area contributed by atoms with Gasteiger partial charge in [0, 0.05) is 31.6 Å². The van der Waals surface area contributed by atoms with Gasteiger partial charge in [0.15, 0.2) is 0 Å². The summed E-state index contributed by atoms with van der Waals surface area (Å²) < 4.78 is 0. The van der Waals surface area contributed by atoms with E-state index >= 15 is 0 Å². The minimum absolute atomic E-state index is 0.119. The van der Waals surface area contributed by atoms with Crippen LogP contribution in [0.3, 0.4) is 0 Å². The van der Waals surface area contributed by atoms with E-state index in [0.717, 1.165) is 25.9 Å². The lowest BCUT2D eigenvalue weighted by Gasteiger charge is -2.44. The van der Waals surface area contributed by atoms with Crippen molar-refractivity contribution in [3.8, 4) is 0 Å². The Morgan fingerprint density at radius 3 is 2.89 bits per heavy atom. The number of hydrogen-bond acceptors (Lipinski definition) is 4. The highest BCUT2D eigenvalue weighted by Gasteiger charge is 2.36. The molecule has 2 aliphatic heterocycles. The molecule has 0 aromatic heterocycles. The van der Waals surface area contributed by atoms with Crippen LogP contribution in [0.15, 0.2) is 0 Å². The number of nitrogens with one attached hydrogen (secondary N) is 2. The van der Waals surface area contributed by atoms with Crippen LogP contribution < -0.4 is 16.6 Å². The largest absolute Gasteiger partial charge is 0.353 e. The zero-order chi connectivity index (χ0) is 14.0. The molecule has 2 amide bonds. The van der Waals surface area contributed by atoms with Gasteiger partial charge in [-0.05, 0) is 25.7 Å². The molecule has 19 heavy (non-hydrogen) atoms. The van der Waals surface area contributed by atoms with E-state index in [4.69, 9.17) is 5.84 Å². The molecule has 2 heterocycles. The molecular weight excluding hydrogens is 244 g/mol. The van der Waals surface area contributed by atoms with Crippen LogP contribution in [0.25, 0.3) is 0 Å². The number of fused-ring (bicyclic) bond motifs is 1. The Balaban J connectivity index is 1.93. The van der Waals surface area contributed by atoms with Crippen molar-refractivity contribution in [1.82, 2.24) is 15.6 Å². The zero-order valence-electron chi connectivity index (χ0n) is 11.7. The maximum Gasteiger partial charge on any atom is 0.238 e. The maximum atomic E-state index is 11.6. The fourth-order valence-electron chi connectivity index (χ4n) is 3.17. The van der Waals surface area contributed by atoms with Crippen LogP contribution in [0.4, 0.5) is 0 Å². The number of amides is 2. The van der Waals surface area contributed by atoms with Gasteiger partial charge in [-0.1, -0.05) is 6.92 Å². The van der Waals surface area contributed by atoms with Crippen molar-refractivity contribution in [1.29, 1.82) is 0 Å². The second-order valence-corrected chi connectivity index (χ2v) is 5.79. The Labute approximate surface area is 114 Å². The summed E-state index contributed by atoms with van der Waals surface area (Å²) in [5, 5.41) is 3.08. The normalized spacial score (nSPS) is 31.0. The second kappa shape index (κ2) is 5.88. The molecule has 108 valence electrons. The molecule has 0 spiro atoms. The van der Waals surface area contributed by atoms with Gasteiger partial charge in [-0.3, -0.25) is 19.9 Å². The molecule has 2 rings (SSSR count). The predicted molar refractivity (Wildman–Crippen MR) is 71.8 cm³/mol. The number of carbonyl (C=O) groups excluding carboxylic acids is 2. The fraction of sp³-hybridized carbons (Fsp3) is 0.846. The molecule has 6 heteroatoms. The van der Waals surface area contributed by atoms with E-state index in [1.54, 1.807) is 0 Å². The van der Waals surface area contributed by atoms with Crippen LogP contribution in [0, 0.1) is 11.8 Å². The van der Waals surface area contributed by atoms with Gasteiger partial charge in [-0.2, -0.15) is 0 Å². The Kier molecular flexibility index (Phi) is 4.42. The third-order valence-corrected chi connectivity index (χ3v) is 4.71. The summed E-state index contributed by atoms with van der Waals surface area (Å²) in [7, 11) is 0. The van der Waals surface area contributed by atoms with Crippen LogP contribution in [0.2, 0.25) is 0 Å².